The van der Waals surface area contributed by atoms with Crippen molar-refractivity contribution >= 4 is 23.6 Å². The van der Waals surface area contributed by atoms with Crippen LogP contribution in [0.5, 0.6) is 17.2 Å². The molecular weight excluding hydrogens is 625 g/mol. The van der Waals surface area contributed by atoms with Gasteiger partial charge in [-0.3, -0.25) is 19.2 Å². The van der Waals surface area contributed by atoms with Gasteiger partial charge >= 0.3 is 6.18 Å². The zero-order valence-electron chi connectivity index (χ0n) is 25.5. The summed E-state index contributed by atoms with van der Waals surface area (Å²) < 4.78 is 45.3. The number of ether oxygens (including phenoxy) is 1. The monoisotopic (exact) mass is 658 g/mol. The summed E-state index contributed by atoms with van der Waals surface area (Å²) in [6.45, 7) is 3.83. The number of amides is 4. The lowest BCUT2D eigenvalue weighted by Gasteiger charge is -2.25. The van der Waals surface area contributed by atoms with Gasteiger partial charge in [0, 0.05) is 25.1 Å². The third-order valence-electron chi connectivity index (χ3n) is 7.09. The molecule has 0 aliphatic carbocycles. The Morgan fingerprint density at radius 3 is 2.36 bits per heavy atom. The second-order valence-corrected chi connectivity index (χ2v) is 11.0. The largest absolute Gasteiger partial charge is 0.507 e. The van der Waals surface area contributed by atoms with E-state index in [0.29, 0.717) is 11.3 Å². The maximum Gasteiger partial charge on any atom is 0.433 e. The molecule has 5 rings (SSSR count). The van der Waals surface area contributed by atoms with Crippen LogP contribution in [0.1, 0.15) is 47.0 Å². The number of aliphatic hydroxyl groups excluding tert-OH is 1. The number of benzene rings is 2. The summed E-state index contributed by atoms with van der Waals surface area (Å²) in [5.74, 6) is -3.28. The molecule has 2 aromatic carbocycles. The van der Waals surface area contributed by atoms with Crippen LogP contribution < -0.4 is 26.0 Å². The Bertz CT molecular complexity index is 1650. The Morgan fingerprint density at radius 1 is 1.02 bits per heavy atom. The van der Waals surface area contributed by atoms with E-state index >= 15 is 0 Å². The number of phenolic OH excluding ortho intramolecular Hbond substituents is 1. The molecular formula is C31H33F3N6O7. The molecule has 1 aromatic heterocycles. The number of fused-ring (bicyclic) bond motifs is 11. The molecule has 16 heteroatoms. The van der Waals surface area contributed by atoms with E-state index in [1.165, 1.54) is 39.0 Å². The van der Waals surface area contributed by atoms with Crippen molar-refractivity contribution in [2.45, 2.75) is 64.0 Å². The van der Waals surface area contributed by atoms with Crippen LogP contribution in [0.25, 0.3) is 0 Å². The van der Waals surface area contributed by atoms with E-state index in [0.717, 1.165) is 6.07 Å². The van der Waals surface area contributed by atoms with Crippen molar-refractivity contribution in [2.75, 3.05) is 6.54 Å². The second-order valence-electron chi connectivity index (χ2n) is 11.0. The van der Waals surface area contributed by atoms with Gasteiger partial charge < -0.3 is 36.2 Å². The van der Waals surface area contributed by atoms with Crippen molar-refractivity contribution in [1.82, 2.24) is 31.2 Å². The number of nitrogens with zero attached hydrogens (tertiary/aromatic N) is 2. The molecule has 250 valence electrons. The molecule has 0 radical (unpaired) electrons. The molecule has 2 aliphatic heterocycles. The summed E-state index contributed by atoms with van der Waals surface area (Å²) >= 11 is 0. The van der Waals surface area contributed by atoms with Gasteiger partial charge in [-0.2, -0.15) is 13.2 Å². The minimum Gasteiger partial charge on any atom is -0.507 e. The first-order valence-electron chi connectivity index (χ1n) is 14.5. The first-order valence-corrected chi connectivity index (χ1v) is 14.5. The van der Waals surface area contributed by atoms with Gasteiger partial charge in [0.2, 0.25) is 17.7 Å². The Labute approximate surface area is 266 Å². The Hall–Kier alpha value is -5.25. The summed E-state index contributed by atoms with van der Waals surface area (Å²) in [4.78, 5) is 60.0. The van der Waals surface area contributed by atoms with Crippen molar-refractivity contribution in [3.63, 3.8) is 0 Å². The van der Waals surface area contributed by atoms with Gasteiger partial charge in [-0.15, -0.1) is 0 Å². The van der Waals surface area contributed by atoms with Crippen LogP contribution in [0.2, 0.25) is 0 Å². The lowest BCUT2D eigenvalue weighted by Crippen LogP contribution is -2.58. The topological polar surface area (TPSA) is 192 Å². The number of rotatable bonds is 5. The second kappa shape index (κ2) is 14.5. The number of halogens is 3. The molecule has 0 fully saturated rings. The Balaban J connectivity index is 1.58. The predicted octanol–water partition coefficient (Wildman–Crippen LogP) is 1.69. The number of aliphatic hydroxyl groups is 1. The molecule has 0 unspecified atom stereocenters. The fraction of sp³-hybridized carbons (Fsp3) is 0.355. The number of aromatic nitrogens is 2. The van der Waals surface area contributed by atoms with Gasteiger partial charge in [0.05, 0.1) is 11.7 Å². The molecule has 47 heavy (non-hydrogen) atoms. The average Bonchev–Trinajstić information content (AvgIpc) is 2.99. The third-order valence-corrected chi connectivity index (χ3v) is 7.09. The number of phenols is 1. The molecule has 4 bridgehead atoms. The molecule has 3 aromatic rings. The van der Waals surface area contributed by atoms with Crippen molar-refractivity contribution in [2.24, 2.45) is 0 Å². The van der Waals surface area contributed by atoms with E-state index in [4.69, 9.17) is 4.74 Å². The number of carbonyl (C=O) groups is 4. The minimum atomic E-state index is -4.67. The normalized spacial score (nSPS) is 19.7. The summed E-state index contributed by atoms with van der Waals surface area (Å²) in [5.41, 5.74) is -0.633. The zero-order valence-corrected chi connectivity index (χ0v) is 25.5. The molecule has 4 amide bonds. The quantitative estimate of drug-likeness (QED) is 0.222. The number of hydrogen-bond acceptors (Lipinski definition) is 9. The highest BCUT2D eigenvalue weighted by Gasteiger charge is 2.34. The van der Waals surface area contributed by atoms with Crippen molar-refractivity contribution in [3.05, 3.63) is 76.9 Å². The van der Waals surface area contributed by atoms with Crippen molar-refractivity contribution < 1.29 is 47.3 Å². The highest BCUT2D eigenvalue weighted by atomic mass is 19.4. The maximum atomic E-state index is 13.3. The standard InChI is InChI=1S/C31H33F3N6O7/c1-15-12-24(31(32,33)34)39-25(36-15)10-11-35-29(45)22-13-18-4-6-19(7-5-18)47-20-8-9-23(42)21(14-20)28(44)40-26(17(3)41)30(46)37-16(2)27(43)38-22/h4-9,12,14,16-17,22,26,41-42H,10-11,13H2,1-3H3,(H,35,45)(H,37,46)(H,38,43)(H,40,44)/t16-,17+,22-,26-/m0/s1. The molecule has 2 aliphatic rings. The lowest BCUT2D eigenvalue weighted by molar-refractivity contribution is -0.141. The minimum absolute atomic E-state index is 0.0204. The number of carbonyl (C=O) groups excluding carboxylic acids is 4. The number of aryl methyl sites for hydroxylation is 1. The maximum absolute atomic E-state index is 13.3. The van der Waals surface area contributed by atoms with E-state index in [1.54, 1.807) is 24.3 Å². The molecule has 3 heterocycles. The van der Waals surface area contributed by atoms with E-state index in [1.807, 2.05) is 0 Å². The van der Waals surface area contributed by atoms with Gasteiger partial charge in [0.1, 0.15) is 46.9 Å². The Kier molecular flexibility index (Phi) is 10.6. The van der Waals surface area contributed by atoms with Crippen LogP contribution in [0.3, 0.4) is 0 Å². The van der Waals surface area contributed by atoms with E-state index in [2.05, 4.69) is 31.2 Å². The van der Waals surface area contributed by atoms with Gasteiger partial charge in [0.25, 0.3) is 5.91 Å². The van der Waals surface area contributed by atoms with Crippen LogP contribution in [0, 0.1) is 6.92 Å². The van der Waals surface area contributed by atoms with E-state index < -0.39 is 65.5 Å². The predicted molar refractivity (Wildman–Crippen MR) is 159 cm³/mol. The van der Waals surface area contributed by atoms with Crippen LogP contribution in [-0.2, 0) is 33.4 Å². The molecule has 0 spiro atoms. The highest BCUT2D eigenvalue weighted by molar-refractivity contribution is 6.00. The van der Waals surface area contributed by atoms with Crippen molar-refractivity contribution in [3.8, 4) is 17.2 Å². The molecule has 0 saturated carbocycles. The van der Waals surface area contributed by atoms with Crippen molar-refractivity contribution in [1.29, 1.82) is 0 Å². The van der Waals surface area contributed by atoms with Gasteiger partial charge in [0.15, 0.2) is 0 Å². The van der Waals surface area contributed by atoms with Crippen LogP contribution in [0.4, 0.5) is 13.2 Å². The third kappa shape index (κ3) is 9.16. The zero-order chi connectivity index (χ0) is 34.5. The first kappa shape index (κ1) is 34.6. The lowest BCUT2D eigenvalue weighted by atomic mass is 10.0. The van der Waals surface area contributed by atoms with E-state index in [-0.39, 0.29) is 42.2 Å². The smallest absolute Gasteiger partial charge is 0.433 e. The van der Waals surface area contributed by atoms with E-state index in [9.17, 15) is 42.6 Å². The summed E-state index contributed by atoms with van der Waals surface area (Å²) in [6, 6.07) is 7.18. The summed E-state index contributed by atoms with van der Waals surface area (Å²) in [5, 5.41) is 30.4. The van der Waals surface area contributed by atoms with Crippen LogP contribution in [0.15, 0.2) is 48.5 Å². The van der Waals surface area contributed by atoms with Gasteiger partial charge in [-0.05, 0) is 62.7 Å². The molecule has 0 saturated heterocycles. The molecule has 4 atom stereocenters. The summed E-state index contributed by atoms with van der Waals surface area (Å²) in [7, 11) is 0. The first-order chi connectivity index (χ1) is 22.1. The number of hydrogen-bond donors (Lipinski definition) is 6. The van der Waals surface area contributed by atoms with Crippen LogP contribution >= 0.6 is 0 Å². The average molecular weight is 659 g/mol. The number of aromatic hydroxyl groups is 1. The fourth-order valence-corrected chi connectivity index (χ4v) is 4.63. The highest BCUT2D eigenvalue weighted by Crippen LogP contribution is 2.29. The molecule has 6 N–H and O–H groups in total. The SMILES string of the molecule is Cc1cc(C(F)(F)F)nc(CCNC(=O)[C@@H]2Cc3ccc(cc3)Oc3ccc(O)c(c3)C(=O)N[C@@H]([C@@H](C)O)C(=O)N[C@@H](C)C(=O)N2)n1. The number of alkyl halides is 3. The van der Waals surface area contributed by atoms with Gasteiger partial charge in [-0.25, -0.2) is 9.97 Å². The Morgan fingerprint density at radius 2 is 1.70 bits per heavy atom. The summed E-state index contributed by atoms with van der Waals surface area (Å²) in [6.07, 6.45) is -6.23. The van der Waals surface area contributed by atoms with Crippen LogP contribution in [-0.4, -0.2) is 74.6 Å². The van der Waals surface area contributed by atoms with Gasteiger partial charge in [-0.1, -0.05) is 12.1 Å². The number of nitrogens with one attached hydrogen (secondary N) is 4. The fourth-order valence-electron chi connectivity index (χ4n) is 4.63. The molecule has 13 nitrogen and oxygen atoms in total.